The minimum absolute atomic E-state index is 0. The Morgan fingerprint density at radius 3 is 2.28 bits per heavy atom. The maximum atomic E-state index is 10.7. The van der Waals surface area contributed by atoms with Crippen molar-refractivity contribution in [1.82, 2.24) is 11.5 Å². The predicted octanol–water partition coefficient (Wildman–Crippen LogP) is 3.08. The zero-order valence-electron chi connectivity index (χ0n) is 12.4. The van der Waals surface area contributed by atoms with Gasteiger partial charge in [0.2, 0.25) is 0 Å². The van der Waals surface area contributed by atoms with Crippen LogP contribution in [0.2, 0.25) is 0 Å². The Kier molecular flexibility index (Phi) is 23.3. The highest BCUT2D eigenvalue weighted by atomic mass is 32.2. The first kappa shape index (κ1) is 22.5. The van der Waals surface area contributed by atoms with E-state index in [9.17, 15) is 4.79 Å². The van der Waals surface area contributed by atoms with Crippen LogP contribution in [0.15, 0.2) is 11.9 Å². The fourth-order valence-electron chi connectivity index (χ4n) is 1.07. The number of allylic oxidation sites excluding steroid dienone is 1. The van der Waals surface area contributed by atoms with E-state index in [4.69, 9.17) is 5.73 Å². The monoisotopic (exact) mass is 277 g/mol. The lowest BCUT2D eigenvalue weighted by Gasteiger charge is -2.02. The molecule has 18 heavy (non-hydrogen) atoms. The Labute approximate surface area is 117 Å². The van der Waals surface area contributed by atoms with Gasteiger partial charge in [-0.2, -0.15) is 11.8 Å². The molecule has 110 valence electrons. The first-order valence-electron chi connectivity index (χ1n) is 6.15. The highest BCUT2D eigenvalue weighted by Gasteiger charge is 1.94. The van der Waals surface area contributed by atoms with Gasteiger partial charge < -0.3 is 22.0 Å². The molecule has 0 fully saturated rings. The van der Waals surface area contributed by atoms with E-state index in [0.717, 1.165) is 12.2 Å². The van der Waals surface area contributed by atoms with Gasteiger partial charge >= 0.3 is 0 Å². The van der Waals surface area contributed by atoms with Crippen LogP contribution < -0.4 is 17.2 Å². The number of nitrogens with two attached hydrogens (primary N) is 1. The Morgan fingerprint density at radius 1 is 1.28 bits per heavy atom. The van der Waals surface area contributed by atoms with Crippen molar-refractivity contribution < 1.29 is 4.79 Å². The van der Waals surface area contributed by atoms with Crippen LogP contribution in [-0.4, -0.2) is 24.8 Å². The minimum atomic E-state index is 0. The van der Waals surface area contributed by atoms with Crippen molar-refractivity contribution in [2.75, 3.05) is 19.1 Å². The molecule has 0 unspecified atom stereocenters. The van der Waals surface area contributed by atoms with Crippen molar-refractivity contribution in [1.29, 1.82) is 0 Å². The summed E-state index contributed by atoms with van der Waals surface area (Å²) < 4.78 is 0. The molecule has 0 bridgehead atoms. The summed E-state index contributed by atoms with van der Waals surface area (Å²) in [6, 6.07) is 0. The quantitative estimate of drug-likeness (QED) is 0.593. The molecule has 0 radical (unpaired) electrons. The second kappa shape index (κ2) is 18.7. The van der Waals surface area contributed by atoms with Crippen LogP contribution in [0.25, 0.3) is 0 Å². The Balaban J connectivity index is -0.000000507. The summed E-state index contributed by atoms with van der Waals surface area (Å²) in [7, 11) is 0. The van der Waals surface area contributed by atoms with Crippen LogP contribution >= 0.6 is 11.8 Å². The van der Waals surface area contributed by atoms with Gasteiger partial charge in [-0.3, -0.25) is 0 Å². The summed E-state index contributed by atoms with van der Waals surface area (Å²) in [4.78, 5) is 10.7. The minimum Gasteiger partial charge on any atom is -0.401 e. The number of carbonyl (C=O) groups excluding carboxylic acids is 1. The molecule has 0 heterocycles. The van der Waals surface area contributed by atoms with E-state index < -0.39 is 0 Å². The van der Waals surface area contributed by atoms with Gasteiger partial charge in [0.15, 0.2) is 0 Å². The van der Waals surface area contributed by atoms with Crippen LogP contribution in [0.5, 0.6) is 0 Å². The summed E-state index contributed by atoms with van der Waals surface area (Å²) in [6.07, 6.45) is 10.8. The Hall–Kier alpha value is -0.680. The molecule has 0 saturated carbocycles. The van der Waals surface area contributed by atoms with E-state index in [1.165, 1.54) is 19.3 Å². The molecule has 0 rings (SSSR count). The van der Waals surface area contributed by atoms with Gasteiger partial charge in [-0.25, -0.2) is 0 Å². The molecule has 0 aliphatic rings. The van der Waals surface area contributed by atoms with Gasteiger partial charge in [-0.15, -0.1) is 0 Å². The summed E-state index contributed by atoms with van der Waals surface area (Å²) in [5, 5.41) is 3.15. The fraction of sp³-hybridized carbons (Fsp3) is 0.769. The van der Waals surface area contributed by atoms with E-state index >= 15 is 0 Å². The lowest BCUT2D eigenvalue weighted by atomic mass is 10.2. The third-order valence-corrected chi connectivity index (χ3v) is 1.98. The standard InChI is InChI=1S/C11H22N2O.C2H6S.H3N/c1-3-4-5-8-13-9-11(12)7-6-10(2)14;1-3-2;/h9,13H,3-8,12H2,1-2H3;1-2H3;1H3/b11-9-;;. The summed E-state index contributed by atoms with van der Waals surface area (Å²) in [5.74, 6) is 0.187. The topological polar surface area (TPSA) is 90.1 Å². The SMILES string of the molecule is CCCCCN/C=C(\N)CCC(C)=O.CSC.N. The molecule has 6 N–H and O–H groups in total. The third-order valence-electron chi connectivity index (χ3n) is 1.98. The maximum absolute atomic E-state index is 10.7. The number of hydrogen-bond donors (Lipinski definition) is 3. The molecule has 4 nitrogen and oxygen atoms in total. The van der Waals surface area contributed by atoms with Crippen LogP contribution in [0, 0.1) is 0 Å². The normalized spacial score (nSPS) is 9.89. The van der Waals surface area contributed by atoms with Crippen molar-refractivity contribution in [3.63, 3.8) is 0 Å². The molecule has 0 aliphatic heterocycles. The van der Waals surface area contributed by atoms with Crippen molar-refractivity contribution in [2.45, 2.75) is 46.0 Å². The van der Waals surface area contributed by atoms with Crippen LogP contribution in [0.3, 0.4) is 0 Å². The molecule has 0 aromatic carbocycles. The van der Waals surface area contributed by atoms with Gasteiger partial charge in [0, 0.05) is 24.9 Å². The maximum Gasteiger partial charge on any atom is 0.130 e. The molecule has 0 aliphatic carbocycles. The number of Topliss-reactive ketones (excluding diaryl/α,β-unsaturated/α-hetero) is 1. The Bertz CT molecular complexity index is 208. The van der Waals surface area contributed by atoms with Crippen LogP contribution in [0.4, 0.5) is 0 Å². The summed E-state index contributed by atoms with van der Waals surface area (Å²) in [5.41, 5.74) is 6.44. The van der Waals surface area contributed by atoms with Crippen molar-refractivity contribution in [3.8, 4) is 0 Å². The number of thioether (sulfide) groups is 1. The third kappa shape index (κ3) is 24.5. The summed E-state index contributed by atoms with van der Waals surface area (Å²) >= 11 is 1.75. The molecular formula is C13H31N3OS. The molecule has 0 atom stereocenters. The van der Waals surface area contributed by atoms with Crippen molar-refractivity contribution in [2.24, 2.45) is 5.73 Å². The van der Waals surface area contributed by atoms with Crippen LogP contribution in [-0.2, 0) is 4.79 Å². The lowest BCUT2D eigenvalue weighted by Crippen LogP contribution is -2.11. The number of unbranched alkanes of at least 4 members (excludes halogenated alkanes) is 2. The highest BCUT2D eigenvalue weighted by Crippen LogP contribution is 1.97. The van der Waals surface area contributed by atoms with Crippen molar-refractivity contribution in [3.05, 3.63) is 11.9 Å². The van der Waals surface area contributed by atoms with Crippen molar-refractivity contribution >= 4 is 17.5 Å². The number of nitrogens with one attached hydrogen (secondary N) is 1. The molecule has 5 heteroatoms. The van der Waals surface area contributed by atoms with Gasteiger partial charge in [0.25, 0.3) is 0 Å². The number of ketones is 1. The second-order valence-electron chi connectivity index (χ2n) is 3.99. The first-order chi connectivity index (χ1) is 8.08. The smallest absolute Gasteiger partial charge is 0.130 e. The molecule has 0 saturated heterocycles. The number of hydrogen-bond acceptors (Lipinski definition) is 5. The average Bonchev–Trinajstić information content (AvgIpc) is 2.27. The van der Waals surface area contributed by atoms with E-state index in [1.807, 2.05) is 18.7 Å². The average molecular weight is 277 g/mol. The van der Waals surface area contributed by atoms with E-state index in [2.05, 4.69) is 12.2 Å². The lowest BCUT2D eigenvalue weighted by molar-refractivity contribution is -0.116. The molecule has 0 aromatic heterocycles. The van der Waals surface area contributed by atoms with E-state index in [1.54, 1.807) is 18.7 Å². The number of rotatable bonds is 8. The van der Waals surface area contributed by atoms with Crippen LogP contribution in [0.1, 0.15) is 46.0 Å². The van der Waals surface area contributed by atoms with Gasteiger partial charge in [0.05, 0.1) is 0 Å². The first-order valence-corrected chi connectivity index (χ1v) is 7.79. The predicted molar refractivity (Wildman–Crippen MR) is 84.2 cm³/mol. The number of carbonyl (C=O) groups is 1. The molecule has 0 amide bonds. The highest BCUT2D eigenvalue weighted by molar-refractivity contribution is 7.97. The second-order valence-corrected chi connectivity index (χ2v) is 4.81. The van der Waals surface area contributed by atoms with E-state index in [-0.39, 0.29) is 11.9 Å². The Morgan fingerprint density at radius 2 is 1.83 bits per heavy atom. The fourth-order valence-corrected chi connectivity index (χ4v) is 1.07. The van der Waals surface area contributed by atoms with Gasteiger partial charge in [0.1, 0.15) is 5.78 Å². The zero-order chi connectivity index (χ0) is 13.5. The zero-order valence-corrected chi connectivity index (χ0v) is 13.2. The van der Waals surface area contributed by atoms with E-state index in [0.29, 0.717) is 12.8 Å². The molecule has 0 aromatic rings. The molecule has 0 spiro atoms. The summed E-state index contributed by atoms with van der Waals surface area (Å²) in [6.45, 7) is 4.73. The van der Waals surface area contributed by atoms with Gasteiger partial charge in [-0.05, 0) is 32.3 Å². The largest absolute Gasteiger partial charge is 0.401 e. The molecular weight excluding hydrogens is 246 g/mol. The van der Waals surface area contributed by atoms with Gasteiger partial charge in [-0.1, -0.05) is 19.8 Å².